The Balaban J connectivity index is 1.73. The molecule has 5 rings (SSSR count). The fraction of sp³-hybridized carbons (Fsp3) is 0.179. The number of carbonyl (C=O) groups is 2. The van der Waals surface area contributed by atoms with Crippen molar-refractivity contribution in [1.82, 2.24) is 4.98 Å². The van der Waals surface area contributed by atoms with Crippen LogP contribution in [0.3, 0.4) is 0 Å². The zero-order valence-corrected chi connectivity index (χ0v) is 21.2. The molecule has 0 aliphatic carbocycles. The highest BCUT2D eigenvalue weighted by atomic mass is 32.1. The number of thiazole rings is 1. The van der Waals surface area contributed by atoms with Crippen LogP contribution in [0.15, 0.2) is 66.2 Å². The lowest BCUT2D eigenvalue weighted by Gasteiger charge is -2.23. The van der Waals surface area contributed by atoms with Gasteiger partial charge >= 0.3 is 5.91 Å². The molecule has 1 fully saturated rings. The first-order valence-corrected chi connectivity index (χ1v) is 12.4. The third kappa shape index (κ3) is 4.27. The number of aliphatic hydroxyl groups is 1. The predicted octanol–water partition coefficient (Wildman–Crippen LogP) is 5.34. The third-order valence-corrected chi connectivity index (χ3v) is 7.16. The van der Waals surface area contributed by atoms with Gasteiger partial charge in [0.25, 0.3) is 5.78 Å². The number of benzene rings is 3. The average Bonchev–Trinajstić information content (AvgIpc) is 3.42. The summed E-state index contributed by atoms with van der Waals surface area (Å²) in [6.07, 6.45) is 0. The summed E-state index contributed by atoms with van der Waals surface area (Å²) >= 11 is 1.29. The number of rotatable bonds is 6. The zero-order chi connectivity index (χ0) is 26.3. The van der Waals surface area contributed by atoms with Crippen molar-refractivity contribution in [2.45, 2.75) is 19.9 Å². The minimum absolute atomic E-state index is 0.0758. The number of aliphatic hydroxyl groups excluding tert-OH is 1. The van der Waals surface area contributed by atoms with Gasteiger partial charge in [-0.1, -0.05) is 23.5 Å². The number of ketones is 1. The second-order valence-electron chi connectivity index (χ2n) is 8.53. The summed E-state index contributed by atoms with van der Waals surface area (Å²) in [7, 11) is 1.53. The van der Waals surface area contributed by atoms with Crippen molar-refractivity contribution in [1.29, 1.82) is 0 Å². The van der Waals surface area contributed by atoms with Crippen LogP contribution >= 0.6 is 11.3 Å². The Hall–Kier alpha value is -4.37. The molecule has 0 radical (unpaired) electrons. The zero-order valence-electron chi connectivity index (χ0n) is 20.4. The number of aryl methyl sites for hydroxylation is 1. The normalized spacial score (nSPS) is 16.9. The second-order valence-corrected chi connectivity index (χ2v) is 9.53. The number of Topliss-reactive ketones (excluding diaryl/α,β-unsaturated/α-hetero) is 1. The third-order valence-electron chi connectivity index (χ3n) is 6.15. The van der Waals surface area contributed by atoms with Crippen molar-refractivity contribution < 1.29 is 29.3 Å². The van der Waals surface area contributed by atoms with Crippen molar-refractivity contribution in [2.24, 2.45) is 0 Å². The Kier molecular flexibility index (Phi) is 6.31. The van der Waals surface area contributed by atoms with Crippen LogP contribution in [0.2, 0.25) is 0 Å². The van der Waals surface area contributed by atoms with Crippen molar-refractivity contribution in [3.05, 3.63) is 82.9 Å². The van der Waals surface area contributed by atoms with Gasteiger partial charge in [0.15, 0.2) is 16.6 Å². The van der Waals surface area contributed by atoms with Gasteiger partial charge in [-0.3, -0.25) is 14.5 Å². The number of aromatic hydroxyl groups is 1. The lowest BCUT2D eigenvalue weighted by Crippen LogP contribution is -2.29. The minimum atomic E-state index is -0.997. The van der Waals surface area contributed by atoms with Crippen LogP contribution in [0.1, 0.15) is 29.7 Å². The molecule has 1 aliphatic rings. The molecule has 2 N–H and O–H groups in total. The SMILES string of the molecule is CCOc1cc(C2/C(=C(\O)c3ccc(OC)cc3)C(=O)C(=O)N2c2nc3ccc(C)cc3s2)ccc1O. The maximum atomic E-state index is 13.5. The number of methoxy groups -OCH3 is 1. The summed E-state index contributed by atoms with van der Waals surface area (Å²) in [5, 5.41) is 21.9. The highest BCUT2D eigenvalue weighted by Gasteiger charge is 2.48. The number of amides is 1. The van der Waals surface area contributed by atoms with Gasteiger partial charge in [-0.25, -0.2) is 4.98 Å². The highest BCUT2D eigenvalue weighted by molar-refractivity contribution is 7.22. The summed E-state index contributed by atoms with van der Waals surface area (Å²) in [4.78, 5) is 32.8. The van der Waals surface area contributed by atoms with E-state index in [0.29, 0.717) is 34.1 Å². The maximum Gasteiger partial charge on any atom is 0.301 e. The Labute approximate surface area is 217 Å². The van der Waals surface area contributed by atoms with Crippen molar-refractivity contribution in [2.75, 3.05) is 18.6 Å². The first-order chi connectivity index (χ1) is 17.8. The topological polar surface area (TPSA) is 109 Å². The van der Waals surface area contributed by atoms with E-state index in [4.69, 9.17) is 9.47 Å². The molecule has 2 heterocycles. The molecule has 0 bridgehead atoms. The maximum absolute atomic E-state index is 13.5. The van der Waals surface area contributed by atoms with Gasteiger partial charge in [0.2, 0.25) is 0 Å². The van der Waals surface area contributed by atoms with E-state index < -0.39 is 17.7 Å². The molecule has 1 unspecified atom stereocenters. The van der Waals surface area contributed by atoms with Gasteiger partial charge in [0.05, 0.1) is 35.5 Å². The highest BCUT2D eigenvalue weighted by Crippen LogP contribution is 2.45. The number of aromatic nitrogens is 1. The van der Waals surface area contributed by atoms with Gasteiger partial charge in [-0.2, -0.15) is 0 Å². The second kappa shape index (κ2) is 9.59. The summed E-state index contributed by atoms with van der Waals surface area (Å²) in [6, 6.07) is 15.9. The van der Waals surface area contributed by atoms with Gasteiger partial charge in [0, 0.05) is 5.56 Å². The van der Waals surface area contributed by atoms with Crippen LogP contribution in [-0.4, -0.2) is 40.6 Å². The number of fused-ring (bicyclic) bond motifs is 1. The van der Waals surface area contributed by atoms with E-state index in [0.717, 1.165) is 10.3 Å². The van der Waals surface area contributed by atoms with Crippen molar-refractivity contribution in [3.63, 3.8) is 0 Å². The molecular formula is C28H24N2O6S. The van der Waals surface area contributed by atoms with E-state index in [-0.39, 0.29) is 22.8 Å². The molecule has 1 aliphatic heterocycles. The molecular weight excluding hydrogens is 492 g/mol. The number of hydrogen-bond acceptors (Lipinski definition) is 8. The molecule has 188 valence electrons. The lowest BCUT2D eigenvalue weighted by atomic mass is 9.95. The summed E-state index contributed by atoms with van der Waals surface area (Å²) in [5.74, 6) is -1.25. The monoisotopic (exact) mass is 516 g/mol. The fourth-order valence-electron chi connectivity index (χ4n) is 4.34. The standard InChI is InChI=1S/C28H24N2O6S/c1-4-36-21-14-17(8-12-20(21)31)24-23(25(32)16-6-9-18(35-3)10-7-16)26(33)27(34)30(24)28-29-19-11-5-15(2)13-22(19)37-28/h5-14,24,31-32H,4H2,1-3H3/b25-23+. The fourth-order valence-corrected chi connectivity index (χ4v) is 5.43. The predicted molar refractivity (Wildman–Crippen MR) is 141 cm³/mol. The molecule has 0 spiro atoms. The van der Waals surface area contributed by atoms with E-state index in [9.17, 15) is 19.8 Å². The largest absolute Gasteiger partial charge is 0.507 e. The lowest BCUT2D eigenvalue weighted by molar-refractivity contribution is -0.132. The number of nitrogens with zero attached hydrogens (tertiary/aromatic N) is 2. The Morgan fingerprint density at radius 3 is 2.54 bits per heavy atom. The molecule has 4 aromatic rings. The van der Waals surface area contributed by atoms with E-state index in [2.05, 4.69) is 4.98 Å². The first-order valence-electron chi connectivity index (χ1n) is 11.6. The molecule has 1 amide bonds. The minimum Gasteiger partial charge on any atom is -0.507 e. The van der Waals surface area contributed by atoms with Crippen LogP contribution in [0, 0.1) is 6.92 Å². The molecule has 0 saturated carbocycles. The van der Waals surface area contributed by atoms with Crippen LogP contribution in [-0.2, 0) is 9.59 Å². The molecule has 8 nitrogen and oxygen atoms in total. The number of phenols is 1. The number of carbonyl (C=O) groups excluding carboxylic acids is 2. The summed E-state index contributed by atoms with van der Waals surface area (Å²) < 4.78 is 11.6. The van der Waals surface area contributed by atoms with Gasteiger partial charge in [-0.05, 0) is 73.5 Å². The van der Waals surface area contributed by atoms with E-state index in [1.54, 1.807) is 43.3 Å². The Morgan fingerprint density at radius 2 is 1.84 bits per heavy atom. The number of phenolic OH excluding ortho intramolecular Hbond substituents is 1. The Morgan fingerprint density at radius 1 is 1.08 bits per heavy atom. The quantitative estimate of drug-likeness (QED) is 0.202. The van der Waals surface area contributed by atoms with Gasteiger partial charge < -0.3 is 19.7 Å². The smallest absolute Gasteiger partial charge is 0.301 e. The van der Waals surface area contributed by atoms with Crippen LogP contribution in [0.25, 0.3) is 16.0 Å². The van der Waals surface area contributed by atoms with Gasteiger partial charge in [-0.15, -0.1) is 0 Å². The van der Waals surface area contributed by atoms with Crippen molar-refractivity contribution in [3.8, 4) is 17.2 Å². The van der Waals surface area contributed by atoms with Crippen LogP contribution in [0.5, 0.6) is 17.2 Å². The van der Waals surface area contributed by atoms with E-state index >= 15 is 0 Å². The molecule has 1 aromatic heterocycles. The Bertz CT molecular complexity index is 1560. The summed E-state index contributed by atoms with van der Waals surface area (Å²) in [6.45, 7) is 4.05. The average molecular weight is 517 g/mol. The van der Waals surface area contributed by atoms with Gasteiger partial charge in [0.1, 0.15) is 11.5 Å². The molecule has 9 heteroatoms. The molecule has 37 heavy (non-hydrogen) atoms. The molecule has 1 saturated heterocycles. The van der Waals surface area contributed by atoms with E-state index in [1.165, 1.54) is 29.4 Å². The summed E-state index contributed by atoms with van der Waals surface area (Å²) in [5.41, 5.74) is 2.49. The van der Waals surface area contributed by atoms with Crippen LogP contribution < -0.4 is 14.4 Å². The first kappa shape index (κ1) is 24.3. The van der Waals surface area contributed by atoms with Crippen LogP contribution in [0.4, 0.5) is 5.13 Å². The molecule has 3 aromatic carbocycles. The number of anilines is 1. The van der Waals surface area contributed by atoms with Crippen molar-refractivity contribution >= 4 is 44.1 Å². The molecule has 1 atom stereocenters. The number of hydrogen-bond donors (Lipinski definition) is 2. The number of ether oxygens (including phenoxy) is 2. The van der Waals surface area contributed by atoms with E-state index in [1.807, 2.05) is 25.1 Å².